The Labute approximate surface area is 96.0 Å². The number of rotatable bonds is 6. The Balaban J connectivity index is 2.13. The smallest absolute Gasteiger partial charge is 0.237 e. The molecule has 5 nitrogen and oxygen atoms in total. The standard InChI is InChI=1S/C11H20N4O/c1-9(2)10(12)11(16)13-5-3-7-15-8-4-6-14-15/h4,6,8-10H,3,5,7,12H2,1-2H3,(H,13,16)/t10-/m1/s1. The number of carbonyl (C=O) groups excluding carboxylic acids is 1. The van der Waals surface area contributed by atoms with E-state index in [4.69, 9.17) is 5.73 Å². The van der Waals surface area contributed by atoms with Gasteiger partial charge in [-0.1, -0.05) is 13.8 Å². The summed E-state index contributed by atoms with van der Waals surface area (Å²) in [4.78, 5) is 11.5. The SMILES string of the molecule is CC(C)[C@@H](N)C(=O)NCCCn1cccn1. The van der Waals surface area contributed by atoms with E-state index in [9.17, 15) is 4.79 Å². The van der Waals surface area contributed by atoms with Gasteiger partial charge in [-0.15, -0.1) is 0 Å². The van der Waals surface area contributed by atoms with Gasteiger partial charge in [-0.05, 0) is 18.4 Å². The number of hydrogen-bond acceptors (Lipinski definition) is 3. The molecule has 1 heterocycles. The van der Waals surface area contributed by atoms with Crippen LogP contribution in [-0.2, 0) is 11.3 Å². The van der Waals surface area contributed by atoms with E-state index in [1.807, 2.05) is 30.8 Å². The summed E-state index contributed by atoms with van der Waals surface area (Å²) in [5.41, 5.74) is 5.71. The summed E-state index contributed by atoms with van der Waals surface area (Å²) >= 11 is 0. The van der Waals surface area contributed by atoms with Gasteiger partial charge in [0.15, 0.2) is 0 Å². The third-order valence-corrected chi connectivity index (χ3v) is 2.44. The summed E-state index contributed by atoms with van der Waals surface area (Å²) in [6, 6.07) is 1.47. The third-order valence-electron chi connectivity index (χ3n) is 2.44. The molecule has 0 spiro atoms. The highest BCUT2D eigenvalue weighted by molar-refractivity contribution is 5.81. The van der Waals surface area contributed by atoms with Gasteiger partial charge in [0.25, 0.3) is 0 Å². The Bertz CT molecular complexity index is 308. The van der Waals surface area contributed by atoms with Crippen molar-refractivity contribution in [2.24, 2.45) is 11.7 Å². The Morgan fingerprint density at radius 2 is 2.31 bits per heavy atom. The average Bonchev–Trinajstić information content (AvgIpc) is 2.75. The lowest BCUT2D eigenvalue weighted by Crippen LogP contribution is -2.44. The number of nitrogens with one attached hydrogen (secondary N) is 1. The number of aryl methyl sites for hydroxylation is 1. The second-order valence-electron chi connectivity index (χ2n) is 4.18. The van der Waals surface area contributed by atoms with Gasteiger partial charge in [-0.25, -0.2) is 0 Å². The Morgan fingerprint density at radius 3 is 2.88 bits per heavy atom. The average molecular weight is 224 g/mol. The Morgan fingerprint density at radius 1 is 1.56 bits per heavy atom. The normalized spacial score (nSPS) is 12.8. The van der Waals surface area contributed by atoms with Crippen LogP contribution in [0.5, 0.6) is 0 Å². The summed E-state index contributed by atoms with van der Waals surface area (Å²) in [5, 5.41) is 6.90. The molecule has 0 unspecified atom stereocenters. The van der Waals surface area contributed by atoms with Gasteiger partial charge in [-0.2, -0.15) is 5.10 Å². The minimum absolute atomic E-state index is 0.0736. The van der Waals surface area contributed by atoms with Crippen molar-refractivity contribution in [3.63, 3.8) is 0 Å². The molecule has 1 aromatic heterocycles. The van der Waals surface area contributed by atoms with Gasteiger partial charge in [0, 0.05) is 25.5 Å². The minimum atomic E-state index is -0.412. The summed E-state index contributed by atoms with van der Waals surface area (Å²) in [7, 11) is 0. The predicted molar refractivity (Wildman–Crippen MR) is 62.7 cm³/mol. The fourth-order valence-corrected chi connectivity index (χ4v) is 1.31. The lowest BCUT2D eigenvalue weighted by atomic mass is 10.1. The van der Waals surface area contributed by atoms with E-state index in [1.54, 1.807) is 6.20 Å². The van der Waals surface area contributed by atoms with Crippen molar-refractivity contribution < 1.29 is 4.79 Å². The maximum Gasteiger partial charge on any atom is 0.237 e. The first-order valence-electron chi connectivity index (χ1n) is 5.62. The molecule has 3 N–H and O–H groups in total. The monoisotopic (exact) mass is 224 g/mol. The molecule has 1 aromatic rings. The van der Waals surface area contributed by atoms with Gasteiger partial charge < -0.3 is 11.1 Å². The maximum atomic E-state index is 11.5. The molecule has 0 bridgehead atoms. The molecular weight excluding hydrogens is 204 g/mol. The van der Waals surface area contributed by atoms with Crippen LogP contribution >= 0.6 is 0 Å². The number of aromatic nitrogens is 2. The van der Waals surface area contributed by atoms with Crippen molar-refractivity contribution in [2.45, 2.75) is 32.9 Å². The molecule has 0 aliphatic heterocycles. The first kappa shape index (κ1) is 12.7. The molecule has 90 valence electrons. The Kier molecular flexibility index (Phi) is 4.98. The second kappa shape index (κ2) is 6.27. The highest BCUT2D eigenvalue weighted by atomic mass is 16.2. The van der Waals surface area contributed by atoms with Crippen molar-refractivity contribution in [1.82, 2.24) is 15.1 Å². The summed E-state index contributed by atoms with van der Waals surface area (Å²) in [5.74, 6) is 0.0987. The van der Waals surface area contributed by atoms with Crippen molar-refractivity contribution in [2.75, 3.05) is 6.54 Å². The van der Waals surface area contributed by atoms with Crippen molar-refractivity contribution in [3.8, 4) is 0 Å². The van der Waals surface area contributed by atoms with Crippen LogP contribution in [0.2, 0.25) is 0 Å². The topological polar surface area (TPSA) is 72.9 Å². The van der Waals surface area contributed by atoms with Gasteiger partial charge in [0.05, 0.1) is 6.04 Å². The van der Waals surface area contributed by atoms with E-state index < -0.39 is 6.04 Å². The summed E-state index contributed by atoms with van der Waals surface area (Å²) in [6.07, 6.45) is 4.51. The van der Waals surface area contributed by atoms with E-state index in [-0.39, 0.29) is 11.8 Å². The van der Waals surface area contributed by atoms with Crippen molar-refractivity contribution >= 4 is 5.91 Å². The molecule has 1 rings (SSSR count). The quantitative estimate of drug-likeness (QED) is 0.686. The highest BCUT2D eigenvalue weighted by Gasteiger charge is 2.15. The summed E-state index contributed by atoms with van der Waals surface area (Å²) in [6.45, 7) is 5.32. The number of nitrogens with zero attached hydrogens (tertiary/aromatic N) is 2. The zero-order valence-electron chi connectivity index (χ0n) is 9.89. The van der Waals surface area contributed by atoms with Gasteiger partial charge >= 0.3 is 0 Å². The zero-order valence-corrected chi connectivity index (χ0v) is 9.89. The number of amides is 1. The molecule has 16 heavy (non-hydrogen) atoms. The van der Waals surface area contributed by atoms with Crippen LogP contribution < -0.4 is 11.1 Å². The summed E-state index contributed by atoms with van der Waals surface area (Å²) < 4.78 is 1.84. The molecular formula is C11H20N4O. The molecule has 1 amide bonds. The lowest BCUT2D eigenvalue weighted by molar-refractivity contribution is -0.123. The third kappa shape index (κ3) is 4.02. The largest absolute Gasteiger partial charge is 0.355 e. The first-order valence-corrected chi connectivity index (χ1v) is 5.62. The van der Waals surface area contributed by atoms with Crippen molar-refractivity contribution in [1.29, 1.82) is 0 Å². The second-order valence-corrected chi connectivity index (χ2v) is 4.18. The molecule has 0 aromatic carbocycles. The van der Waals surface area contributed by atoms with Crippen LogP contribution in [0.1, 0.15) is 20.3 Å². The molecule has 0 radical (unpaired) electrons. The zero-order chi connectivity index (χ0) is 12.0. The fraction of sp³-hybridized carbons (Fsp3) is 0.636. The first-order chi connectivity index (χ1) is 7.61. The lowest BCUT2D eigenvalue weighted by Gasteiger charge is -2.15. The van der Waals surface area contributed by atoms with Crippen LogP contribution in [0, 0.1) is 5.92 Å². The van der Waals surface area contributed by atoms with Crippen molar-refractivity contribution in [3.05, 3.63) is 18.5 Å². The highest BCUT2D eigenvalue weighted by Crippen LogP contribution is 1.97. The van der Waals surface area contributed by atoms with Gasteiger partial charge in [0.1, 0.15) is 0 Å². The number of carbonyl (C=O) groups is 1. The van der Waals surface area contributed by atoms with Crippen LogP contribution in [0.25, 0.3) is 0 Å². The molecule has 0 saturated carbocycles. The van der Waals surface area contributed by atoms with E-state index in [1.165, 1.54) is 0 Å². The molecule has 0 fully saturated rings. The Hall–Kier alpha value is -1.36. The molecule has 0 aliphatic carbocycles. The maximum absolute atomic E-state index is 11.5. The molecule has 0 saturated heterocycles. The fourth-order valence-electron chi connectivity index (χ4n) is 1.31. The predicted octanol–water partition coefficient (Wildman–Crippen LogP) is 0.373. The molecule has 0 aliphatic rings. The van der Waals surface area contributed by atoms with Crippen LogP contribution in [0.15, 0.2) is 18.5 Å². The van der Waals surface area contributed by atoms with E-state index >= 15 is 0 Å². The molecule has 5 heteroatoms. The van der Waals surface area contributed by atoms with Gasteiger partial charge in [0.2, 0.25) is 5.91 Å². The molecule has 1 atom stereocenters. The minimum Gasteiger partial charge on any atom is -0.355 e. The number of hydrogen-bond donors (Lipinski definition) is 2. The van der Waals surface area contributed by atoms with E-state index in [0.29, 0.717) is 6.54 Å². The van der Waals surface area contributed by atoms with Crippen LogP contribution in [0.4, 0.5) is 0 Å². The van der Waals surface area contributed by atoms with Crippen LogP contribution in [0.3, 0.4) is 0 Å². The van der Waals surface area contributed by atoms with Gasteiger partial charge in [-0.3, -0.25) is 9.48 Å². The van der Waals surface area contributed by atoms with E-state index in [0.717, 1.165) is 13.0 Å². The van der Waals surface area contributed by atoms with E-state index in [2.05, 4.69) is 10.4 Å². The number of nitrogens with two attached hydrogens (primary N) is 1. The van der Waals surface area contributed by atoms with Crippen LogP contribution in [-0.4, -0.2) is 28.3 Å².